The molecule has 24 heavy (non-hydrogen) atoms. The lowest BCUT2D eigenvalue weighted by Crippen LogP contribution is -2.11. The number of hydrogen-bond donors (Lipinski definition) is 0. The van der Waals surface area contributed by atoms with Crippen molar-refractivity contribution in [1.29, 1.82) is 0 Å². The van der Waals surface area contributed by atoms with E-state index in [1.807, 2.05) is 36.4 Å². The topological polar surface area (TPSA) is 36.3 Å². The van der Waals surface area contributed by atoms with Crippen LogP contribution in [0.2, 0.25) is 0 Å². The second-order valence-corrected chi connectivity index (χ2v) is 6.13. The predicted octanol–water partition coefficient (Wildman–Crippen LogP) is 4.36. The number of hydrogen-bond acceptors (Lipinski definition) is 3. The van der Waals surface area contributed by atoms with Gasteiger partial charge in [-0.15, -0.1) is 0 Å². The normalized spacial score (nSPS) is 17.4. The smallest absolute Gasteiger partial charge is 0.139 e. The molecule has 1 aliphatic heterocycles. The quantitative estimate of drug-likeness (QED) is 0.633. The van der Waals surface area contributed by atoms with Gasteiger partial charge in [-0.2, -0.15) is 0 Å². The number of ether oxygens (including phenoxy) is 2. The molecule has 1 saturated heterocycles. The number of nitrogens with zero attached hydrogens (tertiary/aromatic N) is 2. The molecule has 3 aromatic rings. The van der Waals surface area contributed by atoms with Crippen molar-refractivity contribution in [3.05, 3.63) is 60.4 Å². The van der Waals surface area contributed by atoms with Crippen LogP contribution in [0.3, 0.4) is 0 Å². The minimum atomic E-state index is 0.132. The Morgan fingerprint density at radius 1 is 1.08 bits per heavy atom. The van der Waals surface area contributed by atoms with Crippen LogP contribution < -0.4 is 4.74 Å². The average molecular weight is 322 g/mol. The Labute approximate surface area is 142 Å². The van der Waals surface area contributed by atoms with Gasteiger partial charge in [-0.3, -0.25) is 0 Å². The molecule has 0 amide bonds. The first-order valence-corrected chi connectivity index (χ1v) is 8.66. The maximum Gasteiger partial charge on any atom is 0.139 e. The lowest BCUT2D eigenvalue weighted by atomic mass is 10.2. The second-order valence-electron chi connectivity index (χ2n) is 6.13. The first-order valence-electron chi connectivity index (χ1n) is 8.66. The Balaban J connectivity index is 1.48. The molecule has 0 N–H and O–H groups in total. The zero-order chi connectivity index (χ0) is 16.2. The molecule has 1 atom stereocenters. The lowest BCUT2D eigenvalue weighted by Gasteiger charge is -2.14. The van der Waals surface area contributed by atoms with E-state index in [1.165, 1.54) is 5.52 Å². The summed E-state index contributed by atoms with van der Waals surface area (Å²) in [5.41, 5.74) is 2.23. The molecule has 4 nitrogen and oxygen atoms in total. The number of para-hydroxylation sites is 3. The van der Waals surface area contributed by atoms with Gasteiger partial charge in [0.2, 0.25) is 0 Å². The van der Waals surface area contributed by atoms with Gasteiger partial charge in [0.1, 0.15) is 17.7 Å². The van der Waals surface area contributed by atoms with Crippen LogP contribution in [0.4, 0.5) is 0 Å². The van der Waals surface area contributed by atoms with Gasteiger partial charge in [0.15, 0.2) is 0 Å². The fourth-order valence-electron chi connectivity index (χ4n) is 3.29. The summed E-state index contributed by atoms with van der Waals surface area (Å²) in [6, 6.07) is 18.3. The highest BCUT2D eigenvalue weighted by Crippen LogP contribution is 2.30. The molecule has 4 heteroatoms. The third-order valence-electron chi connectivity index (χ3n) is 4.44. The minimum absolute atomic E-state index is 0.132. The Morgan fingerprint density at radius 2 is 1.92 bits per heavy atom. The van der Waals surface area contributed by atoms with Crippen molar-refractivity contribution in [2.45, 2.75) is 31.9 Å². The highest BCUT2D eigenvalue weighted by Gasteiger charge is 2.24. The molecule has 4 rings (SSSR count). The molecule has 0 bridgehead atoms. The summed E-state index contributed by atoms with van der Waals surface area (Å²) in [6.07, 6.45) is 3.25. The summed E-state index contributed by atoms with van der Waals surface area (Å²) >= 11 is 0. The fourth-order valence-corrected chi connectivity index (χ4v) is 3.29. The number of benzene rings is 2. The number of aromatic nitrogens is 2. The van der Waals surface area contributed by atoms with Crippen LogP contribution in [0.1, 0.15) is 31.2 Å². The molecule has 2 aromatic carbocycles. The van der Waals surface area contributed by atoms with E-state index in [9.17, 15) is 0 Å². The molecule has 1 aromatic heterocycles. The third kappa shape index (κ3) is 3.15. The van der Waals surface area contributed by atoms with Gasteiger partial charge in [0.05, 0.1) is 17.6 Å². The van der Waals surface area contributed by atoms with Gasteiger partial charge in [-0.25, -0.2) is 4.98 Å². The predicted molar refractivity (Wildman–Crippen MR) is 94.2 cm³/mol. The molecule has 1 fully saturated rings. The number of imidazole rings is 1. The van der Waals surface area contributed by atoms with E-state index in [2.05, 4.69) is 22.8 Å². The van der Waals surface area contributed by atoms with E-state index >= 15 is 0 Å². The first-order chi connectivity index (χ1) is 11.9. The standard InChI is InChI=1S/C20H22N2O2/c1-2-8-16(9-3-1)23-15-7-13-22-18-11-5-4-10-17(18)21-20(22)19-12-6-14-24-19/h1-5,8-11,19H,6-7,12-15H2/t19-/m1/s1. The van der Waals surface area contributed by atoms with Crippen molar-refractivity contribution < 1.29 is 9.47 Å². The van der Waals surface area contributed by atoms with Crippen LogP contribution in [0.25, 0.3) is 11.0 Å². The van der Waals surface area contributed by atoms with Crippen molar-refractivity contribution >= 4 is 11.0 Å². The van der Waals surface area contributed by atoms with Crippen molar-refractivity contribution in [3.63, 3.8) is 0 Å². The maximum atomic E-state index is 5.87. The zero-order valence-corrected chi connectivity index (χ0v) is 13.7. The third-order valence-corrected chi connectivity index (χ3v) is 4.44. The molecule has 0 spiro atoms. The molecule has 0 radical (unpaired) electrons. The lowest BCUT2D eigenvalue weighted by molar-refractivity contribution is 0.102. The van der Waals surface area contributed by atoms with E-state index in [1.54, 1.807) is 0 Å². The summed E-state index contributed by atoms with van der Waals surface area (Å²) in [7, 11) is 0. The molecule has 0 unspecified atom stereocenters. The van der Waals surface area contributed by atoms with Crippen LogP contribution in [0.5, 0.6) is 5.75 Å². The Morgan fingerprint density at radius 3 is 2.75 bits per heavy atom. The van der Waals surface area contributed by atoms with E-state index < -0.39 is 0 Å². The summed E-state index contributed by atoms with van der Waals surface area (Å²) in [5, 5.41) is 0. The summed E-state index contributed by atoms with van der Waals surface area (Å²) < 4.78 is 14.0. The fraction of sp³-hybridized carbons (Fsp3) is 0.350. The number of rotatable bonds is 6. The van der Waals surface area contributed by atoms with Crippen LogP contribution in [0.15, 0.2) is 54.6 Å². The molecule has 0 saturated carbocycles. The highest BCUT2D eigenvalue weighted by atomic mass is 16.5. The van der Waals surface area contributed by atoms with Crippen LogP contribution >= 0.6 is 0 Å². The second kappa shape index (κ2) is 7.05. The minimum Gasteiger partial charge on any atom is -0.494 e. The van der Waals surface area contributed by atoms with Crippen LogP contribution in [-0.4, -0.2) is 22.8 Å². The average Bonchev–Trinajstić information content (AvgIpc) is 3.27. The largest absolute Gasteiger partial charge is 0.494 e. The summed E-state index contributed by atoms with van der Waals surface area (Å²) in [6.45, 7) is 2.43. The van der Waals surface area contributed by atoms with Crippen molar-refractivity contribution in [3.8, 4) is 5.75 Å². The highest BCUT2D eigenvalue weighted by molar-refractivity contribution is 5.76. The molecular weight excluding hydrogens is 300 g/mol. The summed E-state index contributed by atoms with van der Waals surface area (Å²) in [5.74, 6) is 1.99. The molecule has 2 heterocycles. The van der Waals surface area contributed by atoms with Crippen LogP contribution in [-0.2, 0) is 11.3 Å². The van der Waals surface area contributed by atoms with E-state index in [4.69, 9.17) is 14.5 Å². The van der Waals surface area contributed by atoms with E-state index in [-0.39, 0.29) is 6.10 Å². The van der Waals surface area contributed by atoms with Gasteiger partial charge < -0.3 is 14.0 Å². The van der Waals surface area contributed by atoms with Crippen molar-refractivity contribution in [2.75, 3.05) is 13.2 Å². The zero-order valence-electron chi connectivity index (χ0n) is 13.7. The van der Waals surface area contributed by atoms with E-state index in [0.717, 1.165) is 49.5 Å². The molecule has 1 aliphatic rings. The molecular formula is C20H22N2O2. The van der Waals surface area contributed by atoms with Crippen molar-refractivity contribution in [2.24, 2.45) is 0 Å². The Kier molecular flexibility index (Phi) is 4.47. The SMILES string of the molecule is c1ccc(OCCCn2c([C@H]3CCCO3)nc3ccccc32)cc1. The maximum absolute atomic E-state index is 5.87. The van der Waals surface area contributed by atoms with Gasteiger partial charge in [0.25, 0.3) is 0 Å². The Bertz CT molecular complexity index is 792. The molecule has 124 valence electrons. The summed E-state index contributed by atoms with van der Waals surface area (Å²) in [4.78, 5) is 4.83. The van der Waals surface area contributed by atoms with Crippen molar-refractivity contribution in [1.82, 2.24) is 9.55 Å². The number of fused-ring (bicyclic) bond motifs is 1. The van der Waals surface area contributed by atoms with Gasteiger partial charge in [-0.05, 0) is 43.5 Å². The monoisotopic (exact) mass is 322 g/mol. The van der Waals surface area contributed by atoms with Gasteiger partial charge in [-0.1, -0.05) is 30.3 Å². The van der Waals surface area contributed by atoms with Gasteiger partial charge in [0, 0.05) is 13.2 Å². The Hall–Kier alpha value is -2.33. The molecule has 0 aliphatic carbocycles. The van der Waals surface area contributed by atoms with Gasteiger partial charge >= 0.3 is 0 Å². The van der Waals surface area contributed by atoms with E-state index in [0.29, 0.717) is 6.61 Å². The van der Waals surface area contributed by atoms with Crippen LogP contribution in [0, 0.1) is 0 Å². The number of aryl methyl sites for hydroxylation is 1. The first kappa shape index (κ1) is 15.2.